The van der Waals surface area contributed by atoms with Crippen molar-refractivity contribution in [1.29, 1.82) is 0 Å². The Hall–Kier alpha value is -0.110. The number of nitrogens with two attached hydrogens (primary N) is 1. The normalized spacial score (nSPS) is 9.80. The molecule has 0 heterocycles. The maximum Gasteiger partial charge on any atom is 0.000171 e. The van der Waals surface area contributed by atoms with Crippen LogP contribution in [-0.4, -0.2) is 6.26 Å². The number of rotatable bonds is 1. The molecule has 0 saturated heterocycles. The number of thioether (sulfide) groups is 1. The Balaban J connectivity index is 2.62. The maximum absolute atomic E-state index is 4.94. The fraction of sp³-hybridized carbons (Fsp3) is 0.333. The Morgan fingerprint density at radius 3 is 2.40 bits per heavy atom. The Morgan fingerprint density at radius 1 is 1.80 bits per heavy atom. The van der Waals surface area contributed by atoms with E-state index in [0.29, 0.717) is 0 Å². The lowest BCUT2D eigenvalue weighted by atomic mass is 11.1. The predicted molar refractivity (Wildman–Crippen MR) is 26.8 cm³/mol. The Kier molecular flexibility index (Phi) is 3.80. The van der Waals surface area contributed by atoms with Crippen LogP contribution < -0.4 is 5.73 Å². The summed E-state index contributed by atoms with van der Waals surface area (Å²) >= 11 is 1.60. The lowest BCUT2D eigenvalue weighted by Gasteiger charge is -1.67. The Labute approximate surface area is 36.2 Å². The van der Waals surface area contributed by atoms with E-state index >= 15 is 0 Å². The zero-order valence-electron chi connectivity index (χ0n) is 3.14. The smallest absolute Gasteiger partial charge is 0.000171 e. The van der Waals surface area contributed by atoms with E-state index in [4.69, 9.17) is 5.73 Å². The molecule has 0 saturated carbocycles. The number of hydrogen-bond acceptors (Lipinski definition) is 2. The molecule has 5 heavy (non-hydrogen) atoms. The monoisotopic (exact) mass is 89.0 g/mol. The molecule has 2 N–H and O–H groups in total. The van der Waals surface area contributed by atoms with Crippen LogP contribution in [0.15, 0.2) is 11.6 Å². The minimum absolute atomic E-state index is 1.52. The highest BCUT2D eigenvalue weighted by Crippen LogP contribution is 1.87. The van der Waals surface area contributed by atoms with Gasteiger partial charge in [-0.15, -0.1) is 11.8 Å². The third-order valence-electron chi connectivity index (χ3n) is 0.215. The molecule has 0 radical (unpaired) electrons. The van der Waals surface area contributed by atoms with Gasteiger partial charge >= 0.3 is 0 Å². The van der Waals surface area contributed by atoms with Crippen molar-refractivity contribution in [3.63, 3.8) is 0 Å². The quantitative estimate of drug-likeness (QED) is 0.513. The number of hydrogen-bond donors (Lipinski definition) is 1. The van der Waals surface area contributed by atoms with Gasteiger partial charge in [0.2, 0.25) is 0 Å². The highest BCUT2D eigenvalue weighted by molar-refractivity contribution is 8.01. The molecular weight excluding hydrogens is 82.1 g/mol. The summed E-state index contributed by atoms with van der Waals surface area (Å²) in [4.78, 5) is 0. The van der Waals surface area contributed by atoms with Gasteiger partial charge in [-0.1, -0.05) is 0 Å². The fourth-order valence-corrected chi connectivity index (χ4v) is 0.236. The zero-order chi connectivity index (χ0) is 4.12. The Morgan fingerprint density at radius 2 is 2.40 bits per heavy atom. The first-order chi connectivity index (χ1) is 2.41. The molecule has 0 unspecified atom stereocenters. The second-order valence-electron chi connectivity index (χ2n) is 0.564. The van der Waals surface area contributed by atoms with E-state index in [9.17, 15) is 0 Å². The maximum atomic E-state index is 4.94. The van der Waals surface area contributed by atoms with Gasteiger partial charge in [-0.05, 0) is 11.7 Å². The van der Waals surface area contributed by atoms with Crippen molar-refractivity contribution in [3.8, 4) is 0 Å². The van der Waals surface area contributed by atoms with E-state index in [1.54, 1.807) is 11.8 Å². The van der Waals surface area contributed by atoms with E-state index < -0.39 is 0 Å². The van der Waals surface area contributed by atoms with Crippen molar-refractivity contribution in [3.05, 3.63) is 11.6 Å². The summed E-state index contributed by atoms with van der Waals surface area (Å²) in [5.41, 5.74) is 4.94. The molecule has 0 aromatic carbocycles. The third-order valence-corrected chi connectivity index (χ3v) is 0.644. The van der Waals surface area contributed by atoms with Crippen LogP contribution in [0.4, 0.5) is 0 Å². The SMILES string of the molecule is CSC=CN. The van der Waals surface area contributed by atoms with E-state index in [0.717, 1.165) is 0 Å². The van der Waals surface area contributed by atoms with Gasteiger partial charge in [0.15, 0.2) is 0 Å². The summed E-state index contributed by atoms with van der Waals surface area (Å²) < 4.78 is 0. The first-order valence-corrected chi connectivity index (χ1v) is 2.60. The van der Waals surface area contributed by atoms with Gasteiger partial charge in [-0.2, -0.15) is 0 Å². The average Bonchev–Trinajstić information content (AvgIpc) is 1.41. The molecule has 0 bridgehead atoms. The summed E-state index contributed by atoms with van der Waals surface area (Å²) in [6, 6.07) is 0. The summed E-state index contributed by atoms with van der Waals surface area (Å²) in [5, 5.41) is 1.82. The van der Waals surface area contributed by atoms with Crippen LogP contribution in [0.25, 0.3) is 0 Å². The molecule has 0 aromatic rings. The third kappa shape index (κ3) is 3.89. The van der Waals surface area contributed by atoms with Crippen molar-refractivity contribution in [2.45, 2.75) is 0 Å². The van der Waals surface area contributed by atoms with Gasteiger partial charge in [0, 0.05) is 6.20 Å². The standard InChI is InChI=1S/C3H7NS/c1-5-3-2-4/h2-3H,4H2,1H3. The minimum Gasteiger partial charge on any atom is -0.404 e. The molecule has 2 heteroatoms. The van der Waals surface area contributed by atoms with Crippen LogP contribution in [0.2, 0.25) is 0 Å². The van der Waals surface area contributed by atoms with Crippen LogP contribution in [0.3, 0.4) is 0 Å². The molecule has 0 spiro atoms. The summed E-state index contributed by atoms with van der Waals surface area (Å²) in [7, 11) is 0. The summed E-state index contributed by atoms with van der Waals surface area (Å²) in [5.74, 6) is 0. The molecule has 0 aliphatic heterocycles. The lowest BCUT2D eigenvalue weighted by molar-refractivity contribution is 1.63. The van der Waals surface area contributed by atoms with Gasteiger partial charge in [0.25, 0.3) is 0 Å². The lowest BCUT2D eigenvalue weighted by Crippen LogP contribution is -1.70. The molecule has 0 aromatic heterocycles. The van der Waals surface area contributed by atoms with Crippen LogP contribution in [0, 0.1) is 0 Å². The van der Waals surface area contributed by atoms with Crippen molar-refractivity contribution in [2.75, 3.05) is 6.26 Å². The van der Waals surface area contributed by atoms with E-state index in [2.05, 4.69) is 0 Å². The first kappa shape index (κ1) is 4.89. The predicted octanol–water partition coefficient (Wildman–Crippen LogP) is 0.779. The second kappa shape index (κ2) is 3.89. The molecule has 0 amide bonds. The topological polar surface area (TPSA) is 26.0 Å². The van der Waals surface area contributed by atoms with Crippen molar-refractivity contribution in [1.82, 2.24) is 0 Å². The molecule has 0 atom stereocenters. The highest BCUT2D eigenvalue weighted by Gasteiger charge is 1.51. The van der Waals surface area contributed by atoms with Crippen LogP contribution in [-0.2, 0) is 0 Å². The molecular formula is C3H7NS. The summed E-state index contributed by atoms with van der Waals surface area (Å²) in [6.45, 7) is 0. The highest BCUT2D eigenvalue weighted by atomic mass is 32.2. The van der Waals surface area contributed by atoms with Crippen molar-refractivity contribution >= 4 is 11.8 Å². The fourth-order valence-electron chi connectivity index (χ4n) is 0.0786. The van der Waals surface area contributed by atoms with Gasteiger partial charge < -0.3 is 5.73 Å². The van der Waals surface area contributed by atoms with Gasteiger partial charge in [-0.3, -0.25) is 0 Å². The largest absolute Gasteiger partial charge is 0.404 e. The zero-order valence-corrected chi connectivity index (χ0v) is 3.96. The molecule has 0 fully saturated rings. The van der Waals surface area contributed by atoms with Crippen LogP contribution in [0.1, 0.15) is 0 Å². The van der Waals surface area contributed by atoms with Crippen LogP contribution >= 0.6 is 11.8 Å². The molecule has 1 nitrogen and oxygen atoms in total. The van der Waals surface area contributed by atoms with E-state index in [1.165, 1.54) is 6.20 Å². The minimum atomic E-state index is 1.52. The molecule has 0 aliphatic rings. The van der Waals surface area contributed by atoms with Gasteiger partial charge in [0.1, 0.15) is 0 Å². The van der Waals surface area contributed by atoms with E-state index in [1.807, 2.05) is 11.7 Å². The molecule has 30 valence electrons. The van der Waals surface area contributed by atoms with Crippen molar-refractivity contribution < 1.29 is 0 Å². The van der Waals surface area contributed by atoms with Gasteiger partial charge in [-0.25, -0.2) is 0 Å². The van der Waals surface area contributed by atoms with Gasteiger partial charge in [0.05, 0.1) is 0 Å². The average molecular weight is 89.2 g/mol. The second-order valence-corrected chi connectivity index (χ2v) is 1.31. The van der Waals surface area contributed by atoms with Crippen LogP contribution in [0.5, 0.6) is 0 Å². The van der Waals surface area contributed by atoms with E-state index in [-0.39, 0.29) is 0 Å². The van der Waals surface area contributed by atoms with Crippen molar-refractivity contribution in [2.24, 2.45) is 5.73 Å². The molecule has 0 aliphatic carbocycles. The Bertz CT molecular complexity index is 33.9. The molecule has 0 rings (SSSR count). The summed E-state index contributed by atoms with van der Waals surface area (Å²) in [6.07, 6.45) is 3.48. The first-order valence-electron chi connectivity index (χ1n) is 1.31.